The summed E-state index contributed by atoms with van der Waals surface area (Å²) in [5.74, 6) is -0.00227. The normalized spacial score (nSPS) is 13.6. The molecule has 0 N–H and O–H groups in total. The fraction of sp³-hybridized carbons (Fsp3) is 0.222. The summed E-state index contributed by atoms with van der Waals surface area (Å²) >= 11 is 3.17. The number of carbonyl (C=O) groups is 2. The zero-order chi connectivity index (χ0) is 15.8. The molecular weight excluding hydrogens is 312 g/mol. The molecule has 110 valence electrons. The van der Waals surface area contributed by atoms with Crippen molar-refractivity contribution in [2.24, 2.45) is 0 Å². The summed E-state index contributed by atoms with van der Waals surface area (Å²) < 4.78 is 1.09. The number of aryl methyl sites for hydroxylation is 4. The van der Waals surface area contributed by atoms with E-state index >= 15 is 0 Å². The topological polar surface area (TPSA) is 34.1 Å². The van der Waals surface area contributed by atoms with Gasteiger partial charge in [-0.15, -0.1) is 22.7 Å². The van der Waals surface area contributed by atoms with E-state index in [0.29, 0.717) is 21.6 Å². The van der Waals surface area contributed by atoms with Crippen LogP contribution in [0.1, 0.15) is 52.0 Å². The number of benzene rings is 1. The molecule has 1 aliphatic carbocycles. The van der Waals surface area contributed by atoms with Crippen molar-refractivity contribution >= 4 is 44.3 Å². The predicted molar refractivity (Wildman–Crippen MR) is 92.0 cm³/mol. The van der Waals surface area contributed by atoms with Gasteiger partial charge in [-0.1, -0.05) is 0 Å². The molecule has 0 atom stereocenters. The lowest BCUT2D eigenvalue weighted by molar-refractivity contribution is 0.0983. The standard InChI is InChI=1S/C18H14O2S2/c1-7-5-11-12(6-8(7)2)16(20)18-14(15(11)19)13-9(3)21-10(4)17(13)22-18/h5-6H,1-4H3. The number of thiophene rings is 2. The van der Waals surface area contributed by atoms with E-state index in [1.807, 2.05) is 32.9 Å². The average molecular weight is 326 g/mol. The van der Waals surface area contributed by atoms with Crippen LogP contribution in [-0.2, 0) is 0 Å². The first kappa shape index (κ1) is 13.9. The summed E-state index contributed by atoms with van der Waals surface area (Å²) in [5.41, 5.74) is 3.84. The second-order valence-electron chi connectivity index (χ2n) is 5.87. The Hall–Kier alpha value is -1.78. The van der Waals surface area contributed by atoms with Gasteiger partial charge in [-0.05, 0) is 51.0 Å². The summed E-state index contributed by atoms with van der Waals surface area (Å²) in [6.45, 7) is 8.04. The molecule has 0 saturated heterocycles. The highest BCUT2D eigenvalue weighted by Gasteiger charge is 2.35. The minimum atomic E-state index is -0.00213. The average Bonchev–Trinajstić information content (AvgIpc) is 2.98. The van der Waals surface area contributed by atoms with Crippen LogP contribution in [0.3, 0.4) is 0 Å². The van der Waals surface area contributed by atoms with Gasteiger partial charge in [0, 0.05) is 31.0 Å². The highest BCUT2D eigenvalue weighted by Crippen LogP contribution is 2.44. The van der Waals surface area contributed by atoms with Gasteiger partial charge < -0.3 is 0 Å². The summed E-state index contributed by atoms with van der Waals surface area (Å²) in [4.78, 5) is 28.8. The minimum absolute atomic E-state index is 0.000139. The van der Waals surface area contributed by atoms with Crippen molar-refractivity contribution < 1.29 is 9.59 Å². The molecule has 0 fully saturated rings. The number of hydrogen-bond donors (Lipinski definition) is 0. The zero-order valence-corrected chi connectivity index (χ0v) is 14.4. The molecule has 0 saturated carbocycles. The molecule has 3 aromatic rings. The van der Waals surface area contributed by atoms with Gasteiger partial charge in [-0.25, -0.2) is 0 Å². The fourth-order valence-corrected chi connectivity index (χ4v) is 5.65. The van der Waals surface area contributed by atoms with Gasteiger partial charge in [0.05, 0.1) is 10.4 Å². The third-order valence-corrected chi connectivity index (χ3v) is 6.90. The summed E-state index contributed by atoms with van der Waals surface area (Å²) in [6, 6.07) is 3.73. The highest BCUT2D eigenvalue weighted by atomic mass is 32.1. The Morgan fingerprint density at radius 3 is 2.00 bits per heavy atom. The Morgan fingerprint density at radius 2 is 1.36 bits per heavy atom. The molecule has 0 unspecified atom stereocenters. The summed E-state index contributed by atoms with van der Waals surface area (Å²) in [5, 5.41) is 0.990. The predicted octanol–water partition coefficient (Wildman–Crippen LogP) is 4.97. The summed E-state index contributed by atoms with van der Waals surface area (Å²) in [7, 11) is 0. The zero-order valence-electron chi connectivity index (χ0n) is 12.8. The lowest BCUT2D eigenvalue weighted by Crippen LogP contribution is -2.19. The van der Waals surface area contributed by atoms with Crippen LogP contribution < -0.4 is 0 Å². The van der Waals surface area contributed by atoms with Crippen molar-refractivity contribution in [1.82, 2.24) is 0 Å². The number of ketones is 2. The SMILES string of the molecule is Cc1cc2c(cc1C)C(=O)c1c(sc3c(C)sc(C)c13)C2=O. The monoisotopic (exact) mass is 326 g/mol. The van der Waals surface area contributed by atoms with Crippen LogP contribution in [0.4, 0.5) is 0 Å². The molecule has 2 nitrogen and oxygen atoms in total. The minimum Gasteiger partial charge on any atom is -0.289 e. The van der Waals surface area contributed by atoms with E-state index in [0.717, 1.165) is 26.1 Å². The maximum absolute atomic E-state index is 13.0. The smallest absolute Gasteiger partial charge is 0.204 e. The van der Waals surface area contributed by atoms with Crippen LogP contribution in [0.5, 0.6) is 0 Å². The Balaban J connectivity index is 2.11. The van der Waals surface area contributed by atoms with Crippen molar-refractivity contribution in [3.63, 3.8) is 0 Å². The van der Waals surface area contributed by atoms with E-state index < -0.39 is 0 Å². The van der Waals surface area contributed by atoms with Crippen molar-refractivity contribution in [2.75, 3.05) is 0 Å². The first-order chi connectivity index (χ1) is 10.4. The van der Waals surface area contributed by atoms with Gasteiger partial charge in [-0.3, -0.25) is 9.59 Å². The van der Waals surface area contributed by atoms with E-state index in [4.69, 9.17) is 0 Å². The molecular formula is C18H14O2S2. The number of carbonyl (C=O) groups excluding carboxylic acids is 2. The first-order valence-corrected chi connectivity index (χ1v) is 8.76. The van der Waals surface area contributed by atoms with E-state index in [1.165, 1.54) is 16.2 Å². The lowest BCUT2D eigenvalue weighted by Gasteiger charge is -2.16. The maximum Gasteiger partial charge on any atom is 0.204 e. The maximum atomic E-state index is 13.0. The third-order valence-electron chi connectivity index (χ3n) is 4.44. The molecule has 1 aliphatic rings. The van der Waals surface area contributed by atoms with Crippen LogP contribution in [0.2, 0.25) is 0 Å². The van der Waals surface area contributed by atoms with E-state index in [2.05, 4.69) is 6.92 Å². The third kappa shape index (κ3) is 1.59. The summed E-state index contributed by atoms with van der Waals surface area (Å²) in [6.07, 6.45) is 0. The van der Waals surface area contributed by atoms with Gasteiger partial charge >= 0.3 is 0 Å². The molecule has 1 aromatic carbocycles. The van der Waals surface area contributed by atoms with Crippen molar-refractivity contribution in [3.05, 3.63) is 54.6 Å². The second kappa shape index (κ2) is 4.37. The fourth-order valence-electron chi connectivity index (χ4n) is 3.17. The van der Waals surface area contributed by atoms with Gasteiger partial charge in [-0.2, -0.15) is 0 Å². The second-order valence-corrected chi connectivity index (χ2v) is 8.31. The van der Waals surface area contributed by atoms with Crippen LogP contribution in [0, 0.1) is 27.7 Å². The van der Waals surface area contributed by atoms with Crippen molar-refractivity contribution in [3.8, 4) is 0 Å². The molecule has 4 heteroatoms. The Kier molecular flexibility index (Phi) is 2.75. The van der Waals surface area contributed by atoms with Gasteiger partial charge in [0.2, 0.25) is 5.78 Å². The molecule has 4 rings (SSSR count). The molecule has 22 heavy (non-hydrogen) atoms. The van der Waals surface area contributed by atoms with Gasteiger partial charge in [0.15, 0.2) is 5.78 Å². The molecule has 0 spiro atoms. The first-order valence-electron chi connectivity index (χ1n) is 7.13. The highest BCUT2D eigenvalue weighted by molar-refractivity contribution is 7.26. The lowest BCUT2D eigenvalue weighted by atomic mass is 9.85. The number of fused-ring (bicyclic) bond motifs is 4. The molecule has 0 radical (unpaired) electrons. The van der Waals surface area contributed by atoms with Gasteiger partial charge in [0.1, 0.15) is 0 Å². The van der Waals surface area contributed by atoms with Crippen LogP contribution >= 0.6 is 22.7 Å². The Labute approximate surface area is 136 Å². The van der Waals surface area contributed by atoms with Crippen LogP contribution in [0.25, 0.3) is 10.1 Å². The molecule has 0 aliphatic heterocycles. The van der Waals surface area contributed by atoms with Crippen LogP contribution in [-0.4, -0.2) is 11.6 Å². The molecule has 0 bridgehead atoms. The van der Waals surface area contributed by atoms with Gasteiger partial charge in [0.25, 0.3) is 0 Å². The largest absolute Gasteiger partial charge is 0.289 e. The Bertz CT molecular complexity index is 1000. The van der Waals surface area contributed by atoms with Crippen LogP contribution in [0.15, 0.2) is 12.1 Å². The van der Waals surface area contributed by atoms with Crippen molar-refractivity contribution in [2.45, 2.75) is 27.7 Å². The Morgan fingerprint density at radius 1 is 0.773 bits per heavy atom. The van der Waals surface area contributed by atoms with Crippen molar-refractivity contribution in [1.29, 1.82) is 0 Å². The molecule has 2 aromatic heterocycles. The quantitative estimate of drug-likeness (QED) is 0.457. The van der Waals surface area contributed by atoms with E-state index in [9.17, 15) is 9.59 Å². The number of hydrogen-bond acceptors (Lipinski definition) is 4. The van der Waals surface area contributed by atoms with E-state index in [-0.39, 0.29) is 11.6 Å². The molecule has 2 heterocycles. The van der Waals surface area contributed by atoms with E-state index in [1.54, 1.807) is 11.3 Å². The number of rotatable bonds is 0. The molecule has 0 amide bonds.